The lowest BCUT2D eigenvalue weighted by Gasteiger charge is -2.42. The lowest BCUT2D eigenvalue weighted by Crippen LogP contribution is -2.59. The number of likely N-dealkylation sites (N-methyl/N-ethyl adjacent to an activating group) is 1. The summed E-state index contributed by atoms with van der Waals surface area (Å²) in [5.41, 5.74) is -0.323. The second kappa shape index (κ2) is 6.81. The number of rotatable bonds is 4. The van der Waals surface area contributed by atoms with Crippen LogP contribution >= 0.6 is 0 Å². The molecule has 1 aliphatic heterocycles. The summed E-state index contributed by atoms with van der Waals surface area (Å²) in [6.45, 7) is 0.972. The summed E-state index contributed by atoms with van der Waals surface area (Å²) in [6, 6.07) is 3.55. The van der Waals surface area contributed by atoms with E-state index in [1.54, 1.807) is 58.8 Å². The number of aromatic nitrogens is 4. The van der Waals surface area contributed by atoms with Crippen LogP contribution in [-0.2, 0) is 18.9 Å². The minimum Gasteiger partial charge on any atom is -0.356 e. The molecule has 0 aromatic carbocycles. The number of anilines is 1. The molecule has 2 amide bonds. The lowest BCUT2D eigenvalue weighted by atomic mass is 9.85. The van der Waals surface area contributed by atoms with E-state index in [4.69, 9.17) is 0 Å². The Morgan fingerprint density at radius 3 is 2.38 bits per heavy atom. The Morgan fingerprint density at radius 2 is 1.88 bits per heavy atom. The SMILES string of the molecule is CN(C)C(=O)C1(Nc2ccnn2C)CCN(C(=O)c2ccn(C)n2)CC1. The molecule has 1 fully saturated rings. The fourth-order valence-electron chi connectivity index (χ4n) is 3.34. The van der Waals surface area contributed by atoms with Gasteiger partial charge in [0.25, 0.3) is 5.91 Å². The highest BCUT2D eigenvalue weighted by atomic mass is 16.2. The number of hydrogen-bond donors (Lipinski definition) is 1. The number of aryl methyl sites for hydroxylation is 2. The molecule has 2 aromatic rings. The quantitative estimate of drug-likeness (QED) is 0.850. The van der Waals surface area contributed by atoms with Crippen molar-refractivity contribution in [3.05, 3.63) is 30.2 Å². The second-order valence-corrected chi connectivity index (χ2v) is 6.91. The average molecular weight is 359 g/mol. The van der Waals surface area contributed by atoms with Crippen molar-refractivity contribution in [1.82, 2.24) is 29.4 Å². The maximum atomic E-state index is 12.9. The number of amides is 2. The monoisotopic (exact) mass is 359 g/mol. The molecule has 0 atom stereocenters. The van der Waals surface area contributed by atoms with Crippen LogP contribution in [0.2, 0.25) is 0 Å². The predicted molar refractivity (Wildman–Crippen MR) is 96.6 cm³/mol. The van der Waals surface area contributed by atoms with Crippen molar-refractivity contribution >= 4 is 17.6 Å². The molecule has 140 valence electrons. The molecular weight excluding hydrogens is 334 g/mol. The maximum absolute atomic E-state index is 12.9. The Balaban J connectivity index is 1.77. The zero-order valence-corrected chi connectivity index (χ0v) is 15.6. The predicted octanol–water partition coefficient (Wildman–Crippen LogP) is 0.329. The molecule has 0 spiro atoms. The van der Waals surface area contributed by atoms with Gasteiger partial charge in [-0.3, -0.25) is 19.0 Å². The molecular formula is C17H25N7O2. The van der Waals surface area contributed by atoms with E-state index < -0.39 is 5.54 Å². The fraction of sp³-hybridized carbons (Fsp3) is 0.529. The number of carbonyl (C=O) groups excluding carboxylic acids is 2. The Hall–Kier alpha value is -2.84. The summed E-state index contributed by atoms with van der Waals surface area (Å²) < 4.78 is 3.32. The van der Waals surface area contributed by atoms with Gasteiger partial charge in [-0.2, -0.15) is 10.2 Å². The van der Waals surface area contributed by atoms with Crippen LogP contribution in [0.3, 0.4) is 0 Å². The van der Waals surface area contributed by atoms with Gasteiger partial charge in [0.05, 0.1) is 6.20 Å². The van der Waals surface area contributed by atoms with E-state index in [1.807, 2.05) is 13.1 Å². The van der Waals surface area contributed by atoms with Crippen LogP contribution in [0.15, 0.2) is 24.5 Å². The van der Waals surface area contributed by atoms with Crippen molar-refractivity contribution in [2.24, 2.45) is 14.1 Å². The zero-order valence-electron chi connectivity index (χ0n) is 15.6. The van der Waals surface area contributed by atoms with Crippen LogP contribution in [0.1, 0.15) is 23.3 Å². The molecule has 1 N–H and O–H groups in total. The van der Waals surface area contributed by atoms with E-state index in [0.717, 1.165) is 5.82 Å². The van der Waals surface area contributed by atoms with Crippen LogP contribution < -0.4 is 5.32 Å². The largest absolute Gasteiger partial charge is 0.356 e. The summed E-state index contributed by atoms with van der Waals surface area (Å²) in [4.78, 5) is 28.9. The summed E-state index contributed by atoms with van der Waals surface area (Å²) in [5, 5.41) is 11.7. The van der Waals surface area contributed by atoms with Gasteiger partial charge >= 0.3 is 0 Å². The van der Waals surface area contributed by atoms with Gasteiger partial charge in [-0.1, -0.05) is 0 Å². The van der Waals surface area contributed by atoms with Crippen molar-refractivity contribution in [1.29, 1.82) is 0 Å². The first-order valence-electron chi connectivity index (χ1n) is 8.59. The van der Waals surface area contributed by atoms with Gasteiger partial charge in [0.2, 0.25) is 5.91 Å². The molecule has 0 bridgehead atoms. The van der Waals surface area contributed by atoms with Gasteiger partial charge in [-0.15, -0.1) is 0 Å². The topological polar surface area (TPSA) is 88.3 Å². The first kappa shape index (κ1) is 18.0. The molecule has 0 aliphatic carbocycles. The van der Waals surface area contributed by atoms with Gasteiger partial charge < -0.3 is 15.1 Å². The number of nitrogens with zero attached hydrogens (tertiary/aromatic N) is 6. The number of carbonyl (C=O) groups is 2. The highest BCUT2D eigenvalue weighted by Crippen LogP contribution is 2.29. The Bertz CT molecular complexity index is 800. The Morgan fingerprint density at radius 1 is 1.19 bits per heavy atom. The van der Waals surface area contributed by atoms with Gasteiger partial charge in [0.1, 0.15) is 17.1 Å². The number of piperidine rings is 1. The van der Waals surface area contributed by atoms with E-state index in [1.165, 1.54) is 0 Å². The maximum Gasteiger partial charge on any atom is 0.274 e. The lowest BCUT2D eigenvalue weighted by molar-refractivity contribution is -0.135. The minimum absolute atomic E-state index is 0.00337. The van der Waals surface area contributed by atoms with E-state index >= 15 is 0 Å². The van der Waals surface area contributed by atoms with E-state index in [9.17, 15) is 9.59 Å². The first-order valence-corrected chi connectivity index (χ1v) is 8.59. The fourth-order valence-corrected chi connectivity index (χ4v) is 3.34. The molecule has 9 nitrogen and oxygen atoms in total. The Labute approximate surface area is 152 Å². The van der Waals surface area contributed by atoms with Crippen molar-refractivity contribution in [2.75, 3.05) is 32.5 Å². The van der Waals surface area contributed by atoms with Gasteiger partial charge in [0, 0.05) is 53.5 Å². The van der Waals surface area contributed by atoms with Crippen LogP contribution in [-0.4, -0.2) is 73.9 Å². The molecule has 1 saturated heterocycles. The van der Waals surface area contributed by atoms with Crippen molar-refractivity contribution < 1.29 is 9.59 Å². The van der Waals surface area contributed by atoms with Crippen LogP contribution in [0.25, 0.3) is 0 Å². The van der Waals surface area contributed by atoms with Crippen molar-refractivity contribution in [3.63, 3.8) is 0 Å². The zero-order chi connectivity index (χ0) is 18.9. The van der Waals surface area contributed by atoms with Gasteiger partial charge in [-0.05, 0) is 18.9 Å². The standard InChI is InChI=1S/C17H25N7O2/c1-21(2)16(26)17(19-14-5-9-18-23(14)4)7-11-24(12-8-17)15(25)13-6-10-22(3)20-13/h5-6,9-10,19H,7-8,11-12H2,1-4H3. The third-order valence-corrected chi connectivity index (χ3v) is 4.84. The molecule has 3 heterocycles. The van der Waals surface area contributed by atoms with E-state index in [0.29, 0.717) is 31.6 Å². The molecule has 3 rings (SSSR count). The highest BCUT2D eigenvalue weighted by molar-refractivity contribution is 5.93. The molecule has 0 unspecified atom stereocenters. The molecule has 9 heteroatoms. The summed E-state index contributed by atoms with van der Waals surface area (Å²) in [7, 11) is 7.11. The number of hydrogen-bond acceptors (Lipinski definition) is 5. The van der Waals surface area contributed by atoms with Crippen LogP contribution in [0.5, 0.6) is 0 Å². The summed E-state index contributed by atoms with van der Waals surface area (Å²) >= 11 is 0. The van der Waals surface area contributed by atoms with E-state index in [2.05, 4.69) is 15.5 Å². The normalized spacial score (nSPS) is 16.4. The van der Waals surface area contributed by atoms with Crippen molar-refractivity contribution in [2.45, 2.75) is 18.4 Å². The molecule has 2 aromatic heterocycles. The molecule has 0 radical (unpaired) electrons. The summed E-state index contributed by atoms with van der Waals surface area (Å²) in [6.07, 6.45) is 4.48. The number of likely N-dealkylation sites (tertiary alicyclic amines) is 1. The third kappa shape index (κ3) is 3.29. The second-order valence-electron chi connectivity index (χ2n) is 6.91. The number of nitrogens with one attached hydrogen (secondary N) is 1. The third-order valence-electron chi connectivity index (χ3n) is 4.84. The van der Waals surface area contributed by atoms with E-state index in [-0.39, 0.29) is 11.8 Å². The summed E-state index contributed by atoms with van der Waals surface area (Å²) in [5.74, 6) is 0.686. The average Bonchev–Trinajstić information content (AvgIpc) is 3.23. The van der Waals surface area contributed by atoms with Crippen LogP contribution in [0.4, 0.5) is 5.82 Å². The van der Waals surface area contributed by atoms with Gasteiger partial charge in [0.15, 0.2) is 0 Å². The minimum atomic E-state index is -0.752. The van der Waals surface area contributed by atoms with Crippen LogP contribution in [0, 0.1) is 0 Å². The molecule has 26 heavy (non-hydrogen) atoms. The molecule has 0 saturated carbocycles. The highest BCUT2D eigenvalue weighted by Gasteiger charge is 2.44. The van der Waals surface area contributed by atoms with Crippen molar-refractivity contribution in [3.8, 4) is 0 Å². The Kier molecular flexibility index (Phi) is 4.71. The first-order chi connectivity index (χ1) is 12.3. The van der Waals surface area contributed by atoms with Gasteiger partial charge in [-0.25, -0.2) is 0 Å². The molecule has 1 aliphatic rings. The smallest absolute Gasteiger partial charge is 0.274 e.